The first-order valence-corrected chi connectivity index (χ1v) is 11.6. The van der Waals surface area contributed by atoms with Crippen LogP contribution < -0.4 is 0 Å². The predicted molar refractivity (Wildman–Crippen MR) is 114 cm³/mol. The third kappa shape index (κ3) is 9.16. The van der Waals surface area contributed by atoms with Gasteiger partial charge in [-0.05, 0) is 45.8 Å². The van der Waals surface area contributed by atoms with Crippen LogP contribution in [-0.4, -0.2) is 81.7 Å². The van der Waals surface area contributed by atoms with Gasteiger partial charge in [-0.2, -0.15) is 18.5 Å². The standard InChI is InChI=1S/C19H36N4O5S/c1-8-16(2)20-23(19-12-9-10-13-27-19)17(3)21(5)22(6)18(4)26-14-11-15-28-29(7,24)25/h8,17,19H,1,4,9-15H2,2-3,5-7H3/b20-16+. The topological polar surface area (TPSA) is 83.9 Å². The minimum absolute atomic E-state index is 0.0738. The molecule has 0 saturated carbocycles. The van der Waals surface area contributed by atoms with Crippen LogP contribution in [0, 0.1) is 0 Å². The Morgan fingerprint density at radius 1 is 1.34 bits per heavy atom. The Balaban J connectivity index is 2.67. The van der Waals surface area contributed by atoms with Crippen molar-refractivity contribution in [1.29, 1.82) is 0 Å². The molecular weight excluding hydrogens is 396 g/mol. The molecule has 1 fully saturated rings. The van der Waals surface area contributed by atoms with E-state index in [0.29, 0.717) is 18.9 Å². The molecule has 1 heterocycles. The molecule has 0 aromatic carbocycles. The predicted octanol–water partition coefficient (Wildman–Crippen LogP) is 2.36. The van der Waals surface area contributed by atoms with Gasteiger partial charge in [-0.3, -0.25) is 9.19 Å². The molecule has 168 valence electrons. The number of hydrazone groups is 1. The number of rotatable bonds is 13. The lowest BCUT2D eigenvalue weighted by Gasteiger charge is -2.43. The zero-order chi connectivity index (χ0) is 22.0. The molecule has 29 heavy (non-hydrogen) atoms. The second-order valence-corrected chi connectivity index (χ2v) is 8.64. The summed E-state index contributed by atoms with van der Waals surface area (Å²) in [4.78, 5) is 0. The summed E-state index contributed by atoms with van der Waals surface area (Å²) >= 11 is 0. The third-order valence-corrected chi connectivity index (χ3v) is 5.23. The zero-order valence-corrected chi connectivity index (χ0v) is 19.2. The van der Waals surface area contributed by atoms with Gasteiger partial charge in [0.05, 0.1) is 25.2 Å². The van der Waals surface area contributed by atoms with Gasteiger partial charge in [-0.15, -0.1) is 0 Å². The maximum absolute atomic E-state index is 11.0. The summed E-state index contributed by atoms with van der Waals surface area (Å²) in [5.74, 6) is 0.438. The molecule has 1 rings (SSSR count). The van der Waals surface area contributed by atoms with Crippen molar-refractivity contribution in [3.05, 3.63) is 25.1 Å². The monoisotopic (exact) mass is 432 g/mol. The summed E-state index contributed by atoms with van der Waals surface area (Å²) < 4.78 is 38.2. The molecule has 0 radical (unpaired) electrons. The average Bonchev–Trinajstić information content (AvgIpc) is 2.69. The largest absolute Gasteiger partial charge is 0.478 e. The van der Waals surface area contributed by atoms with Gasteiger partial charge in [-0.1, -0.05) is 6.58 Å². The van der Waals surface area contributed by atoms with E-state index >= 15 is 0 Å². The molecule has 10 heteroatoms. The first kappa shape index (κ1) is 25.4. The van der Waals surface area contributed by atoms with Crippen LogP contribution in [0.1, 0.15) is 39.5 Å². The van der Waals surface area contributed by atoms with Crippen molar-refractivity contribution in [3.8, 4) is 0 Å². The van der Waals surface area contributed by atoms with E-state index in [4.69, 9.17) is 13.7 Å². The van der Waals surface area contributed by atoms with Gasteiger partial charge in [-0.25, -0.2) is 5.01 Å². The summed E-state index contributed by atoms with van der Waals surface area (Å²) in [6, 6.07) is 0. The Hall–Kier alpha value is -1.62. The zero-order valence-electron chi connectivity index (χ0n) is 18.3. The highest BCUT2D eigenvalue weighted by Gasteiger charge is 2.29. The van der Waals surface area contributed by atoms with E-state index < -0.39 is 10.1 Å². The van der Waals surface area contributed by atoms with Gasteiger partial charge in [0, 0.05) is 27.1 Å². The molecule has 0 amide bonds. The van der Waals surface area contributed by atoms with Crippen molar-refractivity contribution in [2.45, 2.75) is 51.9 Å². The van der Waals surface area contributed by atoms with Crippen molar-refractivity contribution in [2.75, 3.05) is 40.2 Å². The fraction of sp³-hybridized carbons (Fsp3) is 0.737. The molecule has 0 N–H and O–H groups in total. The lowest BCUT2D eigenvalue weighted by molar-refractivity contribution is -0.160. The van der Waals surface area contributed by atoms with Gasteiger partial charge in [0.2, 0.25) is 0 Å². The van der Waals surface area contributed by atoms with E-state index in [1.807, 2.05) is 38.0 Å². The summed E-state index contributed by atoms with van der Waals surface area (Å²) in [6.45, 7) is 12.8. The molecule has 0 aromatic rings. The smallest absolute Gasteiger partial charge is 0.264 e. The molecule has 0 aliphatic carbocycles. The second-order valence-electron chi connectivity index (χ2n) is 7.00. The van der Waals surface area contributed by atoms with Crippen molar-refractivity contribution in [2.24, 2.45) is 5.10 Å². The Labute approximate surface area is 175 Å². The van der Waals surface area contributed by atoms with Crippen molar-refractivity contribution >= 4 is 15.8 Å². The van der Waals surface area contributed by atoms with Crippen LogP contribution in [0.2, 0.25) is 0 Å². The molecule has 1 aliphatic heterocycles. The van der Waals surface area contributed by atoms with Crippen LogP contribution in [0.4, 0.5) is 0 Å². The number of hydrogen-bond acceptors (Lipinski definition) is 9. The highest BCUT2D eigenvalue weighted by Crippen LogP contribution is 2.22. The van der Waals surface area contributed by atoms with Gasteiger partial charge < -0.3 is 9.47 Å². The SMILES string of the molecule is C=C/C(C)=N/N(C1CCCCO1)C(C)N(C)N(C)C(=C)OCCCOS(C)(=O)=O. The quantitative estimate of drug-likeness (QED) is 0.110. The van der Waals surface area contributed by atoms with Crippen LogP contribution in [0.3, 0.4) is 0 Å². The molecule has 2 unspecified atom stereocenters. The summed E-state index contributed by atoms with van der Waals surface area (Å²) in [7, 11) is 0.328. The van der Waals surface area contributed by atoms with Gasteiger partial charge in [0.1, 0.15) is 12.4 Å². The summed E-state index contributed by atoms with van der Waals surface area (Å²) in [5.41, 5.74) is 0.808. The van der Waals surface area contributed by atoms with Crippen molar-refractivity contribution in [3.63, 3.8) is 0 Å². The summed E-state index contributed by atoms with van der Waals surface area (Å²) in [5, 5.41) is 10.4. The van der Waals surface area contributed by atoms with E-state index in [9.17, 15) is 8.42 Å². The van der Waals surface area contributed by atoms with Gasteiger partial charge in [0.25, 0.3) is 10.1 Å². The minimum Gasteiger partial charge on any atom is -0.478 e. The number of allylic oxidation sites excluding steroid dienone is 1. The lowest BCUT2D eigenvalue weighted by Crippen LogP contribution is -2.53. The average molecular weight is 433 g/mol. The van der Waals surface area contributed by atoms with Crippen LogP contribution in [0.5, 0.6) is 0 Å². The van der Waals surface area contributed by atoms with Crippen LogP contribution in [-0.2, 0) is 23.8 Å². The molecular formula is C19H36N4O5S. The molecule has 9 nitrogen and oxygen atoms in total. The molecule has 2 atom stereocenters. The van der Waals surface area contributed by atoms with Crippen LogP contribution in [0.15, 0.2) is 30.2 Å². The van der Waals surface area contributed by atoms with Crippen LogP contribution >= 0.6 is 0 Å². The molecule has 1 saturated heterocycles. The number of nitrogens with zero attached hydrogens (tertiary/aromatic N) is 4. The fourth-order valence-corrected chi connectivity index (χ4v) is 3.11. The van der Waals surface area contributed by atoms with Crippen LogP contribution in [0.25, 0.3) is 0 Å². The summed E-state index contributed by atoms with van der Waals surface area (Å²) in [6.07, 6.45) is 6.01. The van der Waals surface area contributed by atoms with Crippen molar-refractivity contribution in [1.82, 2.24) is 15.0 Å². The number of hydrazine groups is 1. The normalized spacial score (nSPS) is 19.0. The first-order chi connectivity index (χ1) is 13.6. The first-order valence-electron chi connectivity index (χ1n) is 9.77. The van der Waals surface area contributed by atoms with Gasteiger partial charge >= 0.3 is 0 Å². The van der Waals surface area contributed by atoms with Gasteiger partial charge in [0.15, 0.2) is 5.88 Å². The van der Waals surface area contributed by atoms with E-state index in [-0.39, 0.29) is 19.0 Å². The maximum Gasteiger partial charge on any atom is 0.264 e. The Morgan fingerprint density at radius 2 is 2.03 bits per heavy atom. The fourth-order valence-electron chi connectivity index (χ4n) is 2.69. The number of hydrogen-bond donors (Lipinski definition) is 0. The van der Waals surface area contributed by atoms with E-state index in [1.54, 1.807) is 11.1 Å². The highest BCUT2D eigenvalue weighted by molar-refractivity contribution is 7.85. The molecule has 0 aromatic heterocycles. The minimum atomic E-state index is -3.43. The lowest BCUT2D eigenvalue weighted by atomic mass is 10.2. The Bertz CT molecular complexity index is 662. The molecule has 1 aliphatic rings. The highest BCUT2D eigenvalue weighted by atomic mass is 32.2. The Morgan fingerprint density at radius 3 is 2.59 bits per heavy atom. The number of ether oxygens (including phenoxy) is 2. The van der Waals surface area contributed by atoms with E-state index in [1.165, 1.54) is 0 Å². The second kappa shape index (κ2) is 12.2. The Kier molecular flexibility index (Phi) is 10.7. The van der Waals surface area contributed by atoms with E-state index in [2.05, 4.69) is 18.3 Å². The molecule has 0 spiro atoms. The maximum atomic E-state index is 11.0. The van der Waals surface area contributed by atoms with Crippen molar-refractivity contribution < 1.29 is 22.1 Å². The molecule has 0 bridgehead atoms. The third-order valence-electron chi connectivity index (χ3n) is 4.63. The van der Waals surface area contributed by atoms with E-state index in [0.717, 1.165) is 37.8 Å².